The van der Waals surface area contributed by atoms with E-state index in [9.17, 15) is 103 Å². The maximum absolute atomic E-state index is 13.5. The minimum Gasteiger partial charge on any atom is -0.481 e. The van der Waals surface area contributed by atoms with Gasteiger partial charge in [-0.25, -0.2) is 9.78 Å². The molecule has 0 aliphatic heterocycles. The molecule has 0 saturated heterocycles. The Morgan fingerprint density at radius 3 is 1.09 bits per heavy atom. The Morgan fingerprint density at radius 2 is 0.747 bits per heavy atom. The summed E-state index contributed by atoms with van der Waals surface area (Å²) in [7, 11) is 0. The monoisotopic (exact) mass is 1380 g/mol. The van der Waals surface area contributed by atoms with Crippen molar-refractivity contribution in [1.29, 1.82) is 0 Å². The molecule has 0 radical (unpaired) electrons. The second-order valence-corrected chi connectivity index (χ2v) is 20.6. The molecule has 7 atom stereocenters. The zero-order chi connectivity index (χ0) is 59.8. The Labute approximate surface area is 481 Å². The van der Waals surface area contributed by atoms with Gasteiger partial charge in [0.2, 0.25) is 41.4 Å². The number of carbonyl (C=O) groups is 14. The lowest BCUT2D eigenvalue weighted by Gasteiger charge is -2.26. The van der Waals surface area contributed by atoms with Crippen molar-refractivity contribution in [1.82, 2.24) is 46.8 Å². The van der Waals surface area contributed by atoms with E-state index in [1.807, 2.05) is 31.2 Å². The number of nitrogens with one attached hydrogen (secondary N) is 7. The van der Waals surface area contributed by atoms with E-state index in [0.717, 1.165) is 41.8 Å². The fourth-order valence-electron chi connectivity index (χ4n) is 7.31. The van der Waals surface area contributed by atoms with Crippen LogP contribution in [0.1, 0.15) is 103 Å². The molecule has 0 aliphatic carbocycles. The Kier molecular flexibility index (Phi) is 29.0. The van der Waals surface area contributed by atoms with Gasteiger partial charge in [0.25, 0.3) is 0 Å². The maximum atomic E-state index is 13.5. The second kappa shape index (κ2) is 33.6. The van der Waals surface area contributed by atoms with E-state index in [1.165, 1.54) is 0 Å². The second-order valence-electron chi connectivity index (χ2n) is 17.5. The molecule has 0 spiro atoms. The quantitative estimate of drug-likeness (QED) is 0.0254. The Balaban J connectivity index is 2.20. The average molecular weight is 1380 g/mol. The zero-order valence-electron chi connectivity index (χ0n) is 41.7. The Morgan fingerprint density at radius 1 is 0.430 bits per heavy atom. The number of carbonyl (C=O) groups excluding carboxylic acids is 7. The van der Waals surface area contributed by atoms with Crippen LogP contribution in [0, 0.1) is 0 Å². The molecule has 1 heterocycles. The molecule has 79 heavy (non-hydrogen) atoms. The van der Waals surface area contributed by atoms with Gasteiger partial charge >= 0.3 is 41.8 Å². The largest absolute Gasteiger partial charge is 0.481 e. The minimum absolute atomic E-state index is 0.113. The van der Waals surface area contributed by atoms with Crippen molar-refractivity contribution in [3.05, 3.63) is 24.2 Å². The molecule has 14 N–H and O–H groups in total. The number of nitrogens with zero attached hydrogens (tertiary/aromatic N) is 2. The number of halogens is 4. The summed E-state index contributed by atoms with van der Waals surface area (Å²) < 4.78 is 5.14. The van der Waals surface area contributed by atoms with Crippen LogP contribution in [0.5, 0.6) is 0 Å². The molecule has 1 unspecified atom stereocenters. The van der Waals surface area contributed by atoms with E-state index >= 15 is 0 Å². The van der Waals surface area contributed by atoms with Crippen molar-refractivity contribution in [3.63, 3.8) is 0 Å². The molecule has 0 saturated carbocycles. The van der Waals surface area contributed by atoms with Gasteiger partial charge in [-0.2, -0.15) is 0 Å². The molecular weight excluding hydrogens is 1320 g/mol. The van der Waals surface area contributed by atoms with E-state index in [1.54, 1.807) is 13.3 Å². The summed E-state index contributed by atoms with van der Waals surface area (Å²) in [4.78, 5) is 180. The number of benzene rings is 1. The third kappa shape index (κ3) is 23.6. The summed E-state index contributed by atoms with van der Waals surface area (Å²) in [5.74, 6) is -22.1. The molecule has 0 aliphatic rings. The number of carboxylic acid groups (broad SMARTS) is 7. The normalized spacial score (nSPS) is 13.6. The predicted octanol–water partition coefficient (Wildman–Crippen LogP) is 0.944. The molecule has 2 aromatic rings. The van der Waals surface area contributed by atoms with Crippen LogP contribution < -0.4 is 37.2 Å². The average Bonchev–Trinajstić information content (AvgIpc) is 3.77. The molecule has 7 amide bonds. The van der Waals surface area contributed by atoms with E-state index in [4.69, 9.17) is 0 Å². The molecule has 2 rings (SSSR count). The van der Waals surface area contributed by atoms with Crippen LogP contribution in [0.15, 0.2) is 24.2 Å². The first-order chi connectivity index (χ1) is 37.0. The Bertz CT molecular complexity index is 2650. The number of unbranched alkanes of at least 4 members (excludes halogenated alkanes) is 5. The number of aromatic nitrogens is 2. The highest BCUT2D eigenvalue weighted by Gasteiger charge is 2.37. The highest BCUT2D eigenvalue weighted by molar-refractivity contribution is 9.15. The molecule has 0 bridgehead atoms. The topological polar surface area (TPSA) is 483 Å². The maximum Gasteiger partial charge on any atom is 0.326 e. The minimum atomic E-state index is -2.35. The first-order valence-electron chi connectivity index (χ1n) is 23.8. The fourth-order valence-corrected chi connectivity index (χ4v) is 9.72. The molecule has 30 nitrogen and oxygen atoms in total. The first-order valence-corrected chi connectivity index (χ1v) is 27.0. The lowest BCUT2D eigenvalue weighted by Crippen LogP contribution is -2.61. The third-order valence-electron chi connectivity index (χ3n) is 11.2. The van der Waals surface area contributed by atoms with Crippen LogP contribution in [0.3, 0.4) is 0 Å². The summed E-state index contributed by atoms with van der Waals surface area (Å²) >= 11 is 14.2. The number of imidazole rings is 1. The van der Waals surface area contributed by atoms with E-state index in [0.29, 0.717) is 38.6 Å². The molecule has 1 aromatic heterocycles. The van der Waals surface area contributed by atoms with Crippen molar-refractivity contribution in [2.24, 2.45) is 0 Å². The molecule has 0 fully saturated rings. The summed E-state index contributed by atoms with van der Waals surface area (Å²) in [6.07, 6.45) is -2.43. The summed E-state index contributed by atoms with van der Waals surface area (Å²) in [5.41, 5.74) is 1.61. The zero-order valence-corrected chi connectivity index (χ0v) is 48.0. The smallest absolute Gasteiger partial charge is 0.326 e. The SMILES string of the molecule is CCCCC(NC(=O)[C@H](CC(=O)O)NC(=O)[C@H](CC(=O)O)NC(=O)[C@H](CC(=O)O)NC(=O)[C@H](CC(=O)O)NC(=O)[C@H](CC(=O)O)NC(=O)[C@@H](CC(=O)O)NC(=O)CCCCCCCn1cnc2c(Br)c(Br)c(Br)c(Br)c21)C(=O)O. The first kappa shape index (κ1) is 68.3. The van der Waals surface area contributed by atoms with Gasteiger partial charge in [0.15, 0.2) is 0 Å². The lowest BCUT2D eigenvalue weighted by molar-refractivity contribution is -0.145. The van der Waals surface area contributed by atoms with Gasteiger partial charge in [0, 0.05) is 21.9 Å². The predicted molar refractivity (Wildman–Crippen MR) is 282 cm³/mol. The van der Waals surface area contributed by atoms with Gasteiger partial charge in [-0.1, -0.05) is 39.0 Å². The van der Waals surface area contributed by atoms with Crippen LogP contribution in [-0.2, 0) is 73.7 Å². The Hall–Kier alpha value is -6.81. The van der Waals surface area contributed by atoms with Crippen LogP contribution in [0.2, 0.25) is 0 Å². The van der Waals surface area contributed by atoms with Crippen LogP contribution in [0.4, 0.5) is 0 Å². The van der Waals surface area contributed by atoms with Gasteiger partial charge in [-0.3, -0.25) is 62.3 Å². The molecule has 34 heteroatoms. The fraction of sp³-hybridized carbons (Fsp3) is 0.533. The standard InChI is InChI=1S/C45H57Br4N9O21/c1-2-3-9-19(45(78)79)52-40(73)21(13-28(62)63)54-42(75)23(15-30(66)67)56-44(77)25(17-32(70)71)57-43(76)24(16-31(68)69)55-41(74)22(14-29(64)65)53-39(72)20(12-27(60)61)51-26(59)10-7-5-4-6-8-11-58-18-50-37-35(48)33(46)34(47)36(49)38(37)58/h18-25H,2-17H2,1H3,(H,51,59)(H,52,73)(H,53,72)(H,54,75)(H,55,74)(H,56,77)(H,57,76)(H,60,61)(H,62,63)(H,64,65)(H,66,67)(H,68,69)(H,70,71)(H,78,79)/t19?,20-,21+,22+,23+,24+,25+/m1/s1. The van der Waals surface area contributed by atoms with Crippen molar-refractivity contribution in [3.8, 4) is 0 Å². The number of rotatable bonds is 37. The number of carboxylic acids is 7. The number of amides is 7. The highest BCUT2D eigenvalue weighted by Crippen LogP contribution is 2.43. The summed E-state index contributed by atoms with van der Waals surface area (Å²) in [6.45, 7) is 2.33. The number of aliphatic carboxylic acids is 7. The van der Waals surface area contributed by atoms with Crippen molar-refractivity contribution >= 4 is 158 Å². The number of hydrogen-bond donors (Lipinski definition) is 14. The van der Waals surface area contributed by atoms with Gasteiger partial charge in [0.05, 0.1) is 59.3 Å². The van der Waals surface area contributed by atoms with Gasteiger partial charge in [-0.05, 0) is 83.0 Å². The molecular formula is C45H57Br4N9O21. The molecule has 436 valence electrons. The van der Waals surface area contributed by atoms with Crippen LogP contribution >= 0.6 is 63.7 Å². The van der Waals surface area contributed by atoms with E-state index in [-0.39, 0.29) is 12.8 Å². The van der Waals surface area contributed by atoms with Crippen LogP contribution in [0.25, 0.3) is 11.0 Å². The van der Waals surface area contributed by atoms with Crippen molar-refractivity contribution in [2.45, 2.75) is 152 Å². The molecule has 1 aromatic carbocycles. The van der Waals surface area contributed by atoms with E-state index < -0.39 is 164 Å². The number of hydrogen-bond acceptors (Lipinski definition) is 15. The van der Waals surface area contributed by atoms with E-state index in [2.05, 4.69) is 79.3 Å². The highest BCUT2D eigenvalue weighted by atomic mass is 79.9. The summed E-state index contributed by atoms with van der Waals surface area (Å²) in [5, 5.41) is 80.2. The van der Waals surface area contributed by atoms with Crippen LogP contribution in [-0.4, -0.2) is 171 Å². The van der Waals surface area contributed by atoms with Crippen molar-refractivity contribution in [2.75, 3.05) is 0 Å². The summed E-state index contributed by atoms with van der Waals surface area (Å²) in [6, 6.07) is -14.7. The third-order valence-corrected chi connectivity index (χ3v) is 15.9. The van der Waals surface area contributed by atoms with Gasteiger partial charge < -0.3 is 77.5 Å². The van der Waals surface area contributed by atoms with Crippen molar-refractivity contribution < 1.29 is 103 Å². The van der Waals surface area contributed by atoms with Gasteiger partial charge in [-0.15, -0.1) is 0 Å². The number of aryl methyl sites for hydroxylation is 1. The number of fused-ring (bicyclic) bond motifs is 1. The lowest BCUT2D eigenvalue weighted by atomic mass is 10.1. The van der Waals surface area contributed by atoms with Gasteiger partial charge in [0.1, 0.15) is 47.8 Å².